The lowest BCUT2D eigenvalue weighted by atomic mass is 10.0. The molecule has 0 aliphatic heterocycles. The van der Waals surface area contributed by atoms with Crippen LogP contribution in [0.4, 0.5) is 0 Å². The van der Waals surface area contributed by atoms with Crippen LogP contribution in [0.2, 0.25) is 0 Å². The van der Waals surface area contributed by atoms with Gasteiger partial charge in [0.05, 0.1) is 0 Å². The highest BCUT2D eigenvalue weighted by Crippen LogP contribution is 2.15. The fourth-order valence-corrected chi connectivity index (χ4v) is 1.64. The highest BCUT2D eigenvalue weighted by Gasteiger charge is 2.33. The molecule has 0 amide bonds. The molecule has 106 valence electrons. The van der Waals surface area contributed by atoms with E-state index >= 15 is 0 Å². The quantitative estimate of drug-likeness (QED) is 0.758. The van der Waals surface area contributed by atoms with Crippen molar-refractivity contribution in [2.75, 3.05) is 13.2 Å². The van der Waals surface area contributed by atoms with Gasteiger partial charge < -0.3 is 9.84 Å². The molecule has 1 aromatic carbocycles. The number of aryl methyl sites for hydroxylation is 1. The van der Waals surface area contributed by atoms with Gasteiger partial charge in [0.2, 0.25) is 0 Å². The molecule has 4 nitrogen and oxygen atoms in total. The van der Waals surface area contributed by atoms with E-state index in [0.717, 1.165) is 12.8 Å². The number of nitrogens with one attached hydrogen (secondary N) is 1. The number of carbonyl (C=O) groups is 1. The fourth-order valence-electron chi connectivity index (χ4n) is 1.64. The molecule has 4 heteroatoms. The van der Waals surface area contributed by atoms with Crippen LogP contribution in [0.5, 0.6) is 5.75 Å². The molecule has 2 N–H and O–H groups in total. The van der Waals surface area contributed by atoms with Crippen LogP contribution in [0.3, 0.4) is 0 Å². The Kier molecular flexibility index (Phi) is 5.83. The number of hydrogen-bond acceptors (Lipinski definition) is 3. The van der Waals surface area contributed by atoms with Gasteiger partial charge in [-0.25, -0.2) is 0 Å². The second-order valence-electron chi connectivity index (χ2n) is 4.85. The number of aliphatic carboxylic acids is 1. The Morgan fingerprint density at radius 3 is 2.42 bits per heavy atom. The number of benzene rings is 1. The molecule has 0 bridgehead atoms. The van der Waals surface area contributed by atoms with E-state index in [1.54, 1.807) is 6.92 Å². The van der Waals surface area contributed by atoms with Crippen LogP contribution in [0.25, 0.3) is 0 Å². The second kappa shape index (κ2) is 7.14. The molecular weight excluding hydrogens is 242 g/mol. The smallest absolute Gasteiger partial charge is 0.327 e. The van der Waals surface area contributed by atoms with Crippen molar-refractivity contribution in [3.05, 3.63) is 29.8 Å². The highest BCUT2D eigenvalue weighted by atomic mass is 16.5. The number of hydrogen-bond donors (Lipinski definition) is 2. The molecule has 1 atom stereocenters. The van der Waals surface area contributed by atoms with Crippen LogP contribution in [0, 0.1) is 0 Å². The predicted octanol–water partition coefficient (Wildman–Crippen LogP) is 2.47. The van der Waals surface area contributed by atoms with Gasteiger partial charge in [-0.1, -0.05) is 26.0 Å². The molecule has 0 aliphatic rings. The number of ether oxygens (including phenoxy) is 1. The van der Waals surface area contributed by atoms with Gasteiger partial charge in [0.15, 0.2) is 0 Å². The van der Waals surface area contributed by atoms with E-state index in [4.69, 9.17) is 4.74 Å². The van der Waals surface area contributed by atoms with E-state index in [-0.39, 0.29) is 6.61 Å². The Morgan fingerprint density at radius 2 is 1.95 bits per heavy atom. The molecule has 1 aromatic rings. The van der Waals surface area contributed by atoms with Crippen LogP contribution in [0.15, 0.2) is 24.3 Å². The molecule has 1 unspecified atom stereocenters. The first-order valence-corrected chi connectivity index (χ1v) is 6.72. The maximum absolute atomic E-state index is 11.3. The summed E-state index contributed by atoms with van der Waals surface area (Å²) in [6.45, 7) is 6.49. The van der Waals surface area contributed by atoms with Gasteiger partial charge in [0.25, 0.3) is 0 Å². The summed E-state index contributed by atoms with van der Waals surface area (Å²) in [4.78, 5) is 11.3. The summed E-state index contributed by atoms with van der Waals surface area (Å²) in [5, 5.41) is 12.3. The normalized spacial score (nSPS) is 13.8. The Hall–Kier alpha value is -1.55. The second-order valence-corrected chi connectivity index (χ2v) is 4.85. The summed E-state index contributed by atoms with van der Waals surface area (Å²) in [6.07, 6.45) is 1.86. The summed E-state index contributed by atoms with van der Waals surface area (Å²) in [6, 6.07) is 7.74. The zero-order chi connectivity index (χ0) is 14.3. The number of rotatable bonds is 8. The summed E-state index contributed by atoms with van der Waals surface area (Å²) in [5.74, 6) is -0.200. The predicted molar refractivity (Wildman–Crippen MR) is 75.6 cm³/mol. The minimum Gasteiger partial charge on any atom is -0.491 e. The maximum Gasteiger partial charge on any atom is 0.327 e. The third-order valence-corrected chi connectivity index (χ3v) is 3.10. The average molecular weight is 265 g/mol. The molecule has 0 saturated heterocycles. The van der Waals surface area contributed by atoms with Crippen molar-refractivity contribution in [2.45, 2.75) is 39.2 Å². The van der Waals surface area contributed by atoms with Crippen molar-refractivity contribution in [2.24, 2.45) is 0 Å². The third-order valence-electron chi connectivity index (χ3n) is 3.10. The monoisotopic (exact) mass is 265 g/mol. The van der Waals surface area contributed by atoms with Gasteiger partial charge in [0.1, 0.15) is 17.9 Å². The molecule has 19 heavy (non-hydrogen) atoms. The Bertz CT molecular complexity index is 402. The Morgan fingerprint density at radius 1 is 1.32 bits per heavy atom. The van der Waals surface area contributed by atoms with E-state index < -0.39 is 11.5 Å². The van der Waals surface area contributed by atoms with Crippen molar-refractivity contribution in [1.29, 1.82) is 0 Å². The van der Waals surface area contributed by atoms with Gasteiger partial charge in [-0.15, -0.1) is 0 Å². The SMILES string of the molecule is CCCNC(C)(COc1ccc(CC)cc1)C(=O)O. The van der Waals surface area contributed by atoms with Gasteiger partial charge >= 0.3 is 5.97 Å². The topological polar surface area (TPSA) is 58.6 Å². The molecule has 0 heterocycles. The summed E-state index contributed by atoms with van der Waals surface area (Å²) in [7, 11) is 0. The lowest BCUT2D eigenvalue weighted by molar-refractivity contribution is -0.145. The van der Waals surface area contributed by atoms with E-state index in [9.17, 15) is 9.90 Å². The standard InChI is InChI=1S/C15H23NO3/c1-4-10-16-15(3,14(17)18)11-19-13-8-6-12(5-2)7-9-13/h6-9,16H,4-5,10-11H2,1-3H3,(H,17,18). The molecule has 0 radical (unpaired) electrons. The van der Waals surface area contributed by atoms with E-state index in [1.807, 2.05) is 31.2 Å². The van der Waals surface area contributed by atoms with E-state index in [0.29, 0.717) is 12.3 Å². The van der Waals surface area contributed by atoms with Gasteiger partial charge in [-0.05, 0) is 44.0 Å². The van der Waals surface area contributed by atoms with Crippen LogP contribution < -0.4 is 10.1 Å². The minimum absolute atomic E-state index is 0.105. The van der Waals surface area contributed by atoms with E-state index in [2.05, 4.69) is 12.2 Å². The molecule has 0 fully saturated rings. The van der Waals surface area contributed by atoms with Crippen LogP contribution in [0.1, 0.15) is 32.8 Å². The third kappa shape index (κ3) is 4.56. The number of carboxylic acid groups (broad SMARTS) is 1. The first-order valence-electron chi connectivity index (χ1n) is 6.72. The van der Waals surface area contributed by atoms with Crippen molar-refractivity contribution >= 4 is 5.97 Å². The largest absolute Gasteiger partial charge is 0.491 e. The summed E-state index contributed by atoms with van der Waals surface area (Å²) < 4.78 is 5.59. The lowest BCUT2D eigenvalue weighted by Gasteiger charge is -2.26. The minimum atomic E-state index is -1.06. The summed E-state index contributed by atoms with van der Waals surface area (Å²) in [5.41, 5.74) is 0.178. The molecule has 0 saturated carbocycles. The van der Waals surface area contributed by atoms with Crippen LogP contribution >= 0.6 is 0 Å². The van der Waals surface area contributed by atoms with Crippen molar-refractivity contribution in [3.8, 4) is 5.75 Å². The van der Waals surface area contributed by atoms with Crippen molar-refractivity contribution in [3.63, 3.8) is 0 Å². The van der Waals surface area contributed by atoms with Crippen molar-refractivity contribution < 1.29 is 14.6 Å². The van der Waals surface area contributed by atoms with Crippen LogP contribution in [-0.4, -0.2) is 29.8 Å². The number of carboxylic acids is 1. The van der Waals surface area contributed by atoms with Crippen molar-refractivity contribution in [1.82, 2.24) is 5.32 Å². The van der Waals surface area contributed by atoms with Gasteiger partial charge in [0, 0.05) is 0 Å². The zero-order valence-electron chi connectivity index (χ0n) is 11.9. The Balaban J connectivity index is 2.62. The fraction of sp³-hybridized carbons (Fsp3) is 0.533. The zero-order valence-corrected chi connectivity index (χ0v) is 11.9. The van der Waals surface area contributed by atoms with E-state index in [1.165, 1.54) is 5.56 Å². The molecular formula is C15H23NO3. The average Bonchev–Trinajstić information content (AvgIpc) is 2.43. The molecule has 0 aromatic heterocycles. The van der Waals surface area contributed by atoms with Gasteiger partial charge in [-0.3, -0.25) is 10.1 Å². The highest BCUT2D eigenvalue weighted by molar-refractivity contribution is 5.78. The van der Waals surface area contributed by atoms with Gasteiger partial charge in [-0.2, -0.15) is 0 Å². The maximum atomic E-state index is 11.3. The molecule has 0 spiro atoms. The lowest BCUT2D eigenvalue weighted by Crippen LogP contribution is -2.54. The first kappa shape index (κ1) is 15.5. The summed E-state index contributed by atoms with van der Waals surface area (Å²) >= 11 is 0. The first-order chi connectivity index (χ1) is 9.01. The van der Waals surface area contributed by atoms with Crippen LogP contribution in [-0.2, 0) is 11.2 Å². The Labute approximate surface area is 114 Å². The molecule has 0 aliphatic carbocycles. The molecule has 1 rings (SSSR count).